The van der Waals surface area contributed by atoms with Gasteiger partial charge in [-0.1, -0.05) is 27.7 Å². The zero-order chi connectivity index (χ0) is 3.54. The first-order valence-corrected chi connectivity index (χ1v) is 3.44. The number of hydrogen-bond acceptors (Lipinski definition) is 2. The van der Waals surface area contributed by atoms with Gasteiger partial charge in [-0.25, -0.2) is 0 Å². The van der Waals surface area contributed by atoms with Gasteiger partial charge in [-0.15, -0.1) is 0 Å². The number of hydrogen-bond donors (Lipinski definition) is 0. The third-order valence-electron chi connectivity index (χ3n) is 0.288. The molecule has 5 heavy (non-hydrogen) atoms. The number of rotatable bonds is 0. The molecule has 26 valence electrons. The van der Waals surface area contributed by atoms with Crippen LogP contribution in [0.25, 0.3) is 0 Å². The summed E-state index contributed by atoms with van der Waals surface area (Å²) in [5.41, 5.74) is 0. The van der Waals surface area contributed by atoms with Gasteiger partial charge in [0.25, 0.3) is 0 Å². The van der Waals surface area contributed by atoms with E-state index in [4.69, 9.17) is 0 Å². The maximum atomic E-state index is 2.92. The second kappa shape index (κ2) is 1.78. The van der Waals surface area contributed by atoms with Crippen LogP contribution in [0.3, 0.4) is 0 Å². The summed E-state index contributed by atoms with van der Waals surface area (Å²) in [5, 5.41) is 2.00. The van der Waals surface area contributed by atoms with Crippen molar-refractivity contribution in [3.63, 3.8) is 0 Å². The summed E-state index contributed by atoms with van der Waals surface area (Å²) in [6.07, 6.45) is 1.91. The summed E-state index contributed by atoms with van der Waals surface area (Å²) in [7, 11) is 3.33. The molecular formula is C3H2S2. The highest BCUT2D eigenvalue weighted by atomic mass is 33.1. The molecule has 0 amide bonds. The molecule has 0 fully saturated rings. The Morgan fingerprint density at radius 3 is 2.80 bits per heavy atom. The second-order valence-electron chi connectivity index (χ2n) is 0.600. The minimum Gasteiger partial charge on any atom is -0.0746 e. The Balaban J connectivity index is 2.32. The van der Waals surface area contributed by atoms with Gasteiger partial charge in [-0.05, 0) is 5.41 Å². The Labute approximate surface area is 39.4 Å². The largest absolute Gasteiger partial charge is 0.0869 e. The topological polar surface area (TPSA) is 0 Å². The molecule has 0 bridgehead atoms. The standard InChI is InChI=1S/C3H2S2/c1-2-4-5-3-1/h1-2H. The average Bonchev–Trinajstić information content (AvgIpc) is 1.76. The van der Waals surface area contributed by atoms with Gasteiger partial charge in [0.1, 0.15) is 0 Å². The molecule has 1 rings (SSSR count). The highest BCUT2D eigenvalue weighted by Crippen LogP contribution is 2.31. The molecule has 2 radical (unpaired) electrons. The smallest absolute Gasteiger partial charge is 0.0746 e. The third-order valence-corrected chi connectivity index (χ3v) is 1.77. The summed E-state index contributed by atoms with van der Waals surface area (Å²) in [6.45, 7) is 0. The van der Waals surface area contributed by atoms with Crippen molar-refractivity contribution in [2.45, 2.75) is 0 Å². The fourth-order valence-electron chi connectivity index (χ4n) is 0.139. The molecule has 0 saturated heterocycles. The molecule has 0 aliphatic carbocycles. The maximum absolute atomic E-state index is 2.92. The van der Waals surface area contributed by atoms with Crippen LogP contribution in [-0.4, -0.2) is 0 Å². The van der Waals surface area contributed by atoms with E-state index in [-0.39, 0.29) is 0 Å². The molecule has 1 aliphatic rings. The lowest BCUT2D eigenvalue weighted by Crippen LogP contribution is -1.32. The van der Waals surface area contributed by atoms with Crippen LogP contribution in [0.4, 0.5) is 0 Å². The van der Waals surface area contributed by atoms with Crippen LogP contribution in [0.2, 0.25) is 0 Å². The molecule has 0 nitrogen and oxygen atoms in total. The van der Waals surface area contributed by atoms with Gasteiger partial charge in [-0.3, -0.25) is 0 Å². The van der Waals surface area contributed by atoms with Gasteiger partial charge in [0.2, 0.25) is 0 Å². The monoisotopic (exact) mass is 102 g/mol. The average molecular weight is 102 g/mol. The highest BCUT2D eigenvalue weighted by Gasteiger charge is 1.87. The first-order chi connectivity index (χ1) is 2.50. The summed E-state index contributed by atoms with van der Waals surface area (Å²) in [5.74, 6) is 2.92. The van der Waals surface area contributed by atoms with Crippen LogP contribution in [0.1, 0.15) is 0 Å². The van der Waals surface area contributed by atoms with Crippen molar-refractivity contribution in [1.29, 1.82) is 0 Å². The van der Waals surface area contributed by atoms with Gasteiger partial charge in [-0.2, -0.15) is 0 Å². The molecule has 1 heterocycles. The fraction of sp³-hybridized carbons (Fsp3) is 0. The van der Waals surface area contributed by atoms with Gasteiger partial charge in [0.15, 0.2) is 0 Å². The van der Waals surface area contributed by atoms with Gasteiger partial charge in [0.05, 0.1) is 5.75 Å². The molecule has 0 aromatic rings. The molecule has 1 aliphatic heterocycles. The van der Waals surface area contributed by atoms with Gasteiger partial charge in [0, 0.05) is 0 Å². The van der Waals surface area contributed by atoms with E-state index in [0.29, 0.717) is 0 Å². The Kier molecular flexibility index (Phi) is 1.29. The Bertz CT molecular complexity index is 42.9. The molecule has 0 spiro atoms. The lowest BCUT2D eigenvalue weighted by atomic mass is 10.8. The lowest BCUT2D eigenvalue weighted by molar-refractivity contribution is 2.10. The van der Waals surface area contributed by atoms with E-state index in [1.54, 1.807) is 21.6 Å². The van der Waals surface area contributed by atoms with Crippen molar-refractivity contribution in [2.24, 2.45) is 0 Å². The highest BCUT2D eigenvalue weighted by molar-refractivity contribution is 8.79. The minimum absolute atomic E-state index is 1.63. The molecule has 0 unspecified atom stereocenters. The van der Waals surface area contributed by atoms with Crippen molar-refractivity contribution in [2.75, 3.05) is 0 Å². The van der Waals surface area contributed by atoms with Gasteiger partial charge >= 0.3 is 0 Å². The lowest BCUT2D eigenvalue weighted by Gasteiger charge is -1.67. The summed E-state index contributed by atoms with van der Waals surface area (Å²) >= 11 is 0. The van der Waals surface area contributed by atoms with Crippen LogP contribution >= 0.6 is 21.6 Å². The third kappa shape index (κ3) is 0.893. The van der Waals surface area contributed by atoms with Crippen LogP contribution in [0, 0.1) is 5.75 Å². The van der Waals surface area contributed by atoms with Crippen molar-refractivity contribution in [3.8, 4) is 0 Å². The van der Waals surface area contributed by atoms with Gasteiger partial charge < -0.3 is 0 Å². The molecule has 0 aromatic carbocycles. The minimum atomic E-state index is 1.63. The first kappa shape index (κ1) is 3.62. The van der Waals surface area contributed by atoms with Crippen molar-refractivity contribution >= 4 is 21.6 Å². The SMILES string of the molecule is [C]1C=CSS1. The van der Waals surface area contributed by atoms with Crippen LogP contribution in [-0.2, 0) is 0 Å². The Morgan fingerprint density at radius 2 is 2.60 bits per heavy atom. The van der Waals surface area contributed by atoms with E-state index in [1.165, 1.54) is 0 Å². The van der Waals surface area contributed by atoms with Crippen molar-refractivity contribution in [3.05, 3.63) is 17.2 Å². The van der Waals surface area contributed by atoms with Crippen molar-refractivity contribution in [1.82, 2.24) is 0 Å². The molecule has 2 heteroatoms. The predicted molar refractivity (Wildman–Crippen MR) is 27.6 cm³/mol. The van der Waals surface area contributed by atoms with Crippen LogP contribution < -0.4 is 0 Å². The predicted octanol–water partition coefficient (Wildman–Crippen LogP) is 1.93. The summed E-state index contributed by atoms with van der Waals surface area (Å²) < 4.78 is 0. The van der Waals surface area contributed by atoms with E-state index in [1.807, 2.05) is 11.5 Å². The van der Waals surface area contributed by atoms with E-state index in [2.05, 4.69) is 5.75 Å². The van der Waals surface area contributed by atoms with E-state index in [0.717, 1.165) is 0 Å². The van der Waals surface area contributed by atoms with Crippen LogP contribution in [0.15, 0.2) is 11.5 Å². The zero-order valence-electron chi connectivity index (χ0n) is 2.47. The molecular weight excluding hydrogens is 100 g/mol. The maximum Gasteiger partial charge on any atom is 0.0869 e. The van der Waals surface area contributed by atoms with E-state index in [9.17, 15) is 0 Å². The van der Waals surface area contributed by atoms with Crippen LogP contribution in [0.5, 0.6) is 0 Å². The van der Waals surface area contributed by atoms with Crippen molar-refractivity contribution < 1.29 is 0 Å². The normalized spacial score (nSPS) is 20.8. The first-order valence-electron chi connectivity index (χ1n) is 1.23. The second-order valence-corrected chi connectivity index (χ2v) is 2.54. The molecule has 0 N–H and O–H groups in total. The summed E-state index contributed by atoms with van der Waals surface area (Å²) in [6, 6.07) is 0. The van der Waals surface area contributed by atoms with E-state index < -0.39 is 0 Å². The van der Waals surface area contributed by atoms with E-state index >= 15 is 0 Å². The Hall–Kier alpha value is 0.440. The Morgan fingerprint density at radius 1 is 1.60 bits per heavy atom. The molecule has 0 saturated carbocycles. The quantitative estimate of drug-likeness (QED) is 0.429. The molecule has 0 aromatic heterocycles. The molecule has 0 atom stereocenters. The fourth-order valence-corrected chi connectivity index (χ4v) is 1.25. The zero-order valence-corrected chi connectivity index (χ0v) is 4.10. The summed E-state index contributed by atoms with van der Waals surface area (Å²) in [4.78, 5) is 0.